The van der Waals surface area contributed by atoms with Crippen LogP contribution in [0.25, 0.3) is 0 Å². The zero-order chi connectivity index (χ0) is 7.78. The molecule has 2 heteroatoms. The summed E-state index contributed by atoms with van der Waals surface area (Å²) in [5, 5.41) is 0. The molecular formula is C8H14F2. The smallest absolute Gasteiger partial charge is 0.207 e. The van der Waals surface area contributed by atoms with Crippen molar-refractivity contribution in [2.45, 2.75) is 39.0 Å². The van der Waals surface area contributed by atoms with Crippen LogP contribution in [0.1, 0.15) is 33.1 Å². The molecule has 0 spiro atoms. The molecule has 0 nitrogen and oxygen atoms in total. The Kier molecular flexibility index (Phi) is 1.97. The summed E-state index contributed by atoms with van der Waals surface area (Å²) in [7, 11) is 0. The van der Waals surface area contributed by atoms with E-state index in [9.17, 15) is 8.78 Å². The van der Waals surface area contributed by atoms with Gasteiger partial charge in [-0.05, 0) is 18.3 Å². The fourth-order valence-electron chi connectivity index (χ4n) is 1.50. The predicted molar refractivity (Wildman–Crippen MR) is 37.1 cm³/mol. The van der Waals surface area contributed by atoms with Crippen LogP contribution in [0.3, 0.4) is 0 Å². The summed E-state index contributed by atoms with van der Waals surface area (Å²) in [5.41, 5.74) is 0. The van der Waals surface area contributed by atoms with Gasteiger partial charge in [0.05, 0.1) is 0 Å². The van der Waals surface area contributed by atoms with Crippen LogP contribution in [0, 0.1) is 11.8 Å². The Labute approximate surface area is 60.6 Å². The Hall–Kier alpha value is -0.140. The van der Waals surface area contributed by atoms with E-state index in [1.807, 2.05) is 6.92 Å². The number of hydrogen-bond acceptors (Lipinski definition) is 0. The Balaban J connectivity index is 2.49. The molecule has 0 saturated heterocycles. The highest BCUT2D eigenvalue weighted by atomic mass is 19.3. The molecule has 0 N–H and O–H groups in total. The Morgan fingerprint density at radius 2 is 1.80 bits per heavy atom. The molecule has 0 amide bonds. The molecule has 0 aromatic rings. The van der Waals surface area contributed by atoms with Gasteiger partial charge in [-0.3, -0.25) is 0 Å². The first-order valence-electron chi connectivity index (χ1n) is 3.89. The zero-order valence-electron chi connectivity index (χ0n) is 6.53. The molecule has 1 aliphatic carbocycles. The van der Waals surface area contributed by atoms with Crippen molar-refractivity contribution in [2.75, 3.05) is 0 Å². The largest absolute Gasteiger partial charge is 0.248 e. The van der Waals surface area contributed by atoms with Crippen LogP contribution in [0.15, 0.2) is 0 Å². The summed E-state index contributed by atoms with van der Waals surface area (Å²) in [4.78, 5) is 0. The topological polar surface area (TPSA) is 0 Å². The van der Waals surface area contributed by atoms with Crippen molar-refractivity contribution in [2.24, 2.45) is 11.8 Å². The molecule has 1 fully saturated rings. The van der Waals surface area contributed by atoms with Crippen LogP contribution in [0.4, 0.5) is 8.78 Å². The van der Waals surface area contributed by atoms with E-state index in [2.05, 4.69) is 6.92 Å². The third-order valence-electron chi connectivity index (χ3n) is 2.56. The van der Waals surface area contributed by atoms with Gasteiger partial charge in [-0.25, -0.2) is 8.78 Å². The van der Waals surface area contributed by atoms with Crippen molar-refractivity contribution < 1.29 is 8.78 Å². The lowest BCUT2D eigenvalue weighted by Gasteiger charge is -2.31. The lowest BCUT2D eigenvalue weighted by atomic mass is 9.80. The molecular weight excluding hydrogens is 134 g/mol. The van der Waals surface area contributed by atoms with Crippen molar-refractivity contribution in [3.05, 3.63) is 0 Å². The summed E-state index contributed by atoms with van der Waals surface area (Å²) < 4.78 is 25.3. The number of rotatable bonds is 0. The Morgan fingerprint density at radius 1 is 1.20 bits per heavy atom. The zero-order valence-corrected chi connectivity index (χ0v) is 6.53. The SMILES string of the molecule is C[C@H]1CCC(F)(F)C[C@@H]1C. The van der Waals surface area contributed by atoms with Gasteiger partial charge in [0.1, 0.15) is 0 Å². The molecule has 0 aromatic carbocycles. The van der Waals surface area contributed by atoms with E-state index in [0.29, 0.717) is 12.3 Å². The van der Waals surface area contributed by atoms with Crippen molar-refractivity contribution in [3.63, 3.8) is 0 Å². The van der Waals surface area contributed by atoms with Gasteiger partial charge in [0.25, 0.3) is 0 Å². The van der Waals surface area contributed by atoms with E-state index in [1.54, 1.807) is 0 Å². The Morgan fingerprint density at radius 3 is 2.20 bits per heavy atom. The first-order valence-corrected chi connectivity index (χ1v) is 3.89. The summed E-state index contributed by atoms with van der Waals surface area (Å²) in [6.45, 7) is 3.97. The standard InChI is InChI=1S/C8H14F2/c1-6-3-4-8(9,10)5-7(6)2/h6-7H,3-5H2,1-2H3/t6-,7-/m0/s1. The molecule has 0 bridgehead atoms. The van der Waals surface area contributed by atoms with Gasteiger partial charge >= 0.3 is 0 Å². The van der Waals surface area contributed by atoms with Crippen molar-refractivity contribution in [1.29, 1.82) is 0 Å². The fourth-order valence-corrected chi connectivity index (χ4v) is 1.50. The minimum atomic E-state index is -2.37. The van der Waals surface area contributed by atoms with Gasteiger partial charge in [0.2, 0.25) is 5.92 Å². The quantitative estimate of drug-likeness (QED) is 0.495. The second-order valence-corrected chi connectivity index (χ2v) is 3.55. The third-order valence-corrected chi connectivity index (χ3v) is 2.56. The van der Waals surface area contributed by atoms with Gasteiger partial charge in [0, 0.05) is 12.8 Å². The van der Waals surface area contributed by atoms with Gasteiger partial charge in [-0.1, -0.05) is 13.8 Å². The van der Waals surface area contributed by atoms with E-state index >= 15 is 0 Å². The Bertz CT molecular complexity index is 120. The van der Waals surface area contributed by atoms with Gasteiger partial charge < -0.3 is 0 Å². The van der Waals surface area contributed by atoms with Gasteiger partial charge in [-0.2, -0.15) is 0 Å². The second-order valence-electron chi connectivity index (χ2n) is 3.55. The van der Waals surface area contributed by atoms with Gasteiger partial charge in [-0.15, -0.1) is 0 Å². The van der Waals surface area contributed by atoms with E-state index in [-0.39, 0.29) is 18.8 Å². The lowest BCUT2D eigenvalue weighted by molar-refractivity contribution is -0.0632. The van der Waals surface area contributed by atoms with E-state index in [4.69, 9.17) is 0 Å². The van der Waals surface area contributed by atoms with Crippen LogP contribution in [-0.2, 0) is 0 Å². The first-order chi connectivity index (χ1) is 4.51. The minimum Gasteiger partial charge on any atom is -0.207 e. The highest BCUT2D eigenvalue weighted by Crippen LogP contribution is 2.39. The van der Waals surface area contributed by atoms with E-state index in [0.717, 1.165) is 0 Å². The molecule has 1 saturated carbocycles. The second kappa shape index (κ2) is 2.48. The average molecular weight is 148 g/mol. The average Bonchev–Trinajstić information content (AvgIpc) is 1.79. The van der Waals surface area contributed by atoms with Gasteiger partial charge in [0.15, 0.2) is 0 Å². The van der Waals surface area contributed by atoms with Crippen LogP contribution in [0.2, 0.25) is 0 Å². The summed E-state index contributed by atoms with van der Waals surface area (Å²) in [6, 6.07) is 0. The van der Waals surface area contributed by atoms with Crippen LogP contribution in [0.5, 0.6) is 0 Å². The maximum Gasteiger partial charge on any atom is 0.248 e. The molecule has 0 heterocycles. The fraction of sp³-hybridized carbons (Fsp3) is 1.00. The highest BCUT2D eigenvalue weighted by molar-refractivity contribution is 4.79. The minimum absolute atomic E-state index is 0.0914. The van der Waals surface area contributed by atoms with Crippen molar-refractivity contribution in [3.8, 4) is 0 Å². The molecule has 1 aliphatic rings. The van der Waals surface area contributed by atoms with Crippen LogP contribution < -0.4 is 0 Å². The molecule has 0 radical (unpaired) electrons. The summed E-state index contributed by atoms with van der Waals surface area (Å²) >= 11 is 0. The normalized spacial score (nSPS) is 39.6. The predicted octanol–water partition coefficient (Wildman–Crippen LogP) is 3.08. The number of hydrogen-bond donors (Lipinski definition) is 0. The lowest BCUT2D eigenvalue weighted by Crippen LogP contribution is -2.29. The third kappa shape index (κ3) is 1.68. The van der Waals surface area contributed by atoms with Crippen LogP contribution >= 0.6 is 0 Å². The number of alkyl halides is 2. The summed E-state index contributed by atoms with van der Waals surface area (Å²) in [6.07, 6.45) is 0.876. The molecule has 0 aromatic heterocycles. The number of halogens is 2. The first kappa shape index (κ1) is 7.96. The highest BCUT2D eigenvalue weighted by Gasteiger charge is 2.37. The summed E-state index contributed by atoms with van der Waals surface area (Å²) in [5.74, 6) is -1.69. The molecule has 1 rings (SSSR count). The monoisotopic (exact) mass is 148 g/mol. The van der Waals surface area contributed by atoms with Crippen molar-refractivity contribution >= 4 is 0 Å². The molecule has 0 aliphatic heterocycles. The van der Waals surface area contributed by atoms with E-state index in [1.165, 1.54) is 0 Å². The molecule has 0 unspecified atom stereocenters. The van der Waals surface area contributed by atoms with E-state index < -0.39 is 5.92 Å². The van der Waals surface area contributed by atoms with Crippen LogP contribution in [-0.4, -0.2) is 5.92 Å². The molecule has 10 heavy (non-hydrogen) atoms. The van der Waals surface area contributed by atoms with Crippen molar-refractivity contribution in [1.82, 2.24) is 0 Å². The maximum absolute atomic E-state index is 12.6. The maximum atomic E-state index is 12.6. The molecule has 2 atom stereocenters. The molecule has 60 valence electrons.